The molecule has 0 radical (unpaired) electrons. The lowest BCUT2D eigenvalue weighted by Crippen LogP contribution is -2.30. The molecule has 0 unspecified atom stereocenters. The van der Waals surface area contributed by atoms with Crippen molar-refractivity contribution in [3.05, 3.63) is 17.0 Å². The summed E-state index contributed by atoms with van der Waals surface area (Å²) in [6.45, 7) is 7.40. The molecule has 0 aliphatic carbocycles. The van der Waals surface area contributed by atoms with Crippen molar-refractivity contribution in [2.75, 3.05) is 18.5 Å². The van der Waals surface area contributed by atoms with Gasteiger partial charge in [-0.1, -0.05) is 32.4 Å². The molecule has 1 heterocycles. The Bertz CT molecular complexity index is 361. The summed E-state index contributed by atoms with van der Waals surface area (Å²) in [5.74, 6) is 1.13. The normalized spacial score (nSPS) is 11.6. The molecule has 1 aromatic heterocycles. The summed E-state index contributed by atoms with van der Waals surface area (Å²) in [5, 5.41) is 0.431. The van der Waals surface area contributed by atoms with Crippen LogP contribution in [0.25, 0.3) is 0 Å². The highest BCUT2D eigenvalue weighted by Crippen LogP contribution is 2.26. The highest BCUT2D eigenvalue weighted by molar-refractivity contribution is 6.31. The van der Waals surface area contributed by atoms with Crippen molar-refractivity contribution in [2.45, 2.75) is 26.7 Å². The van der Waals surface area contributed by atoms with Crippen molar-refractivity contribution in [3.8, 4) is 0 Å². The van der Waals surface area contributed by atoms with Crippen LogP contribution in [0.2, 0.25) is 5.15 Å². The van der Waals surface area contributed by atoms with Crippen molar-refractivity contribution in [1.82, 2.24) is 9.97 Å². The van der Waals surface area contributed by atoms with Gasteiger partial charge in [0.1, 0.15) is 17.3 Å². The molecule has 1 aromatic rings. The quantitative estimate of drug-likeness (QED) is 0.618. The molecule has 3 nitrogen and oxygen atoms in total. The predicted octanol–water partition coefficient (Wildman–Crippen LogP) is 3.35. The van der Waals surface area contributed by atoms with E-state index in [4.69, 9.17) is 23.2 Å². The number of hydrogen-bond acceptors (Lipinski definition) is 3. The first-order chi connectivity index (χ1) is 7.35. The van der Waals surface area contributed by atoms with Gasteiger partial charge in [0, 0.05) is 19.2 Å². The Morgan fingerprint density at radius 2 is 1.94 bits per heavy atom. The Morgan fingerprint density at radius 1 is 1.31 bits per heavy atom. The molecule has 0 aromatic carbocycles. The van der Waals surface area contributed by atoms with Crippen LogP contribution in [0.5, 0.6) is 0 Å². The van der Waals surface area contributed by atoms with E-state index in [9.17, 15) is 0 Å². The fourth-order valence-electron chi connectivity index (χ4n) is 1.61. The Kier molecular flexibility index (Phi) is 4.39. The lowest BCUT2D eigenvalue weighted by atomic mass is 9.96. The topological polar surface area (TPSA) is 29.0 Å². The van der Waals surface area contributed by atoms with E-state index in [-0.39, 0.29) is 5.41 Å². The minimum Gasteiger partial charge on any atom is -0.359 e. The average molecular weight is 262 g/mol. The van der Waals surface area contributed by atoms with Gasteiger partial charge in [-0.25, -0.2) is 9.97 Å². The molecule has 16 heavy (non-hydrogen) atoms. The largest absolute Gasteiger partial charge is 0.359 e. The van der Waals surface area contributed by atoms with Gasteiger partial charge in [-0.15, -0.1) is 11.6 Å². The zero-order valence-corrected chi connectivity index (χ0v) is 11.6. The van der Waals surface area contributed by atoms with Gasteiger partial charge in [-0.3, -0.25) is 0 Å². The summed E-state index contributed by atoms with van der Waals surface area (Å²) in [7, 11) is 1.99. The van der Waals surface area contributed by atoms with Gasteiger partial charge in [-0.2, -0.15) is 0 Å². The molecule has 1 rings (SSSR count). The molecule has 5 heteroatoms. The number of nitrogens with zero attached hydrogens (tertiary/aromatic N) is 3. The van der Waals surface area contributed by atoms with Crippen LogP contribution >= 0.6 is 23.2 Å². The van der Waals surface area contributed by atoms with Gasteiger partial charge in [0.15, 0.2) is 0 Å². The van der Waals surface area contributed by atoms with Gasteiger partial charge in [0.25, 0.3) is 0 Å². The summed E-state index contributed by atoms with van der Waals surface area (Å²) in [6.07, 6.45) is 1.47. The monoisotopic (exact) mass is 261 g/mol. The van der Waals surface area contributed by atoms with Crippen LogP contribution in [0, 0.1) is 5.41 Å². The lowest BCUT2D eigenvalue weighted by Gasteiger charge is -2.28. The molecule has 90 valence electrons. The molecular weight excluding hydrogens is 245 g/mol. The first-order valence-corrected chi connectivity index (χ1v) is 6.03. The van der Waals surface area contributed by atoms with Crippen molar-refractivity contribution >= 4 is 29.0 Å². The van der Waals surface area contributed by atoms with Crippen LogP contribution in [0.15, 0.2) is 6.33 Å². The average Bonchev–Trinajstić information content (AvgIpc) is 2.14. The zero-order valence-electron chi connectivity index (χ0n) is 10.1. The Balaban J connectivity index is 2.99. The van der Waals surface area contributed by atoms with Crippen LogP contribution in [0.4, 0.5) is 5.82 Å². The van der Waals surface area contributed by atoms with E-state index in [1.54, 1.807) is 0 Å². The highest BCUT2D eigenvalue weighted by atomic mass is 35.5. The molecule has 0 aliphatic rings. The van der Waals surface area contributed by atoms with Gasteiger partial charge in [-0.05, 0) is 5.41 Å². The van der Waals surface area contributed by atoms with Crippen LogP contribution < -0.4 is 4.90 Å². The third kappa shape index (κ3) is 3.49. The minimum atomic E-state index is 0.190. The van der Waals surface area contributed by atoms with Crippen molar-refractivity contribution in [1.29, 1.82) is 0 Å². The van der Waals surface area contributed by atoms with E-state index in [2.05, 4.69) is 35.6 Å². The van der Waals surface area contributed by atoms with Gasteiger partial charge in [0.05, 0.1) is 5.88 Å². The van der Waals surface area contributed by atoms with Crippen molar-refractivity contribution in [3.63, 3.8) is 0 Å². The Morgan fingerprint density at radius 3 is 2.44 bits per heavy atom. The maximum absolute atomic E-state index is 5.98. The van der Waals surface area contributed by atoms with Gasteiger partial charge in [0.2, 0.25) is 0 Å². The third-order valence-electron chi connectivity index (χ3n) is 2.08. The molecule has 0 spiro atoms. The first-order valence-electron chi connectivity index (χ1n) is 5.11. The van der Waals surface area contributed by atoms with Crippen molar-refractivity contribution in [2.24, 2.45) is 5.41 Å². The van der Waals surface area contributed by atoms with Crippen LogP contribution in [-0.4, -0.2) is 23.6 Å². The molecule has 0 fully saturated rings. The van der Waals surface area contributed by atoms with Gasteiger partial charge < -0.3 is 4.90 Å². The fourth-order valence-corrected chi connectivity index (χ4v) is 2.12. The van der Waals surface area contributed by atoms with Crippen molar-refractivity contribution < 1.29 is 0 Å². The maximum atomic E-state index is 5.98. The SMILES string of the molecule is CN(CC(C)(C)C)c1ncnc(Cl)c1CCl. The molecular formula is C11H17Cl2N3. The van der Waals surface area contributed by atoms with E-state index in [1.165, 1.54) is 6.33 Å². The molecule has 0 amide bonds. The molecule has 0 saturated carbocycles. The maximum Gasteiger partial charge on any atom is 0.138 e. The summed E-state index contributed by atoms with van der Waals surface area (Å²) in [6, 6.07) is 0. The van der Waals surface area contributed by atoms with E-state index in [1.807, 2.05) is 7.05 Å². The molecule has 0 bridgehead atoms. The second-order valence-corrected chi connectivity index (χ2v) is 5.64. The molecule has 0 saturated heterocycles. The Labute approximate surface area is 107 Å². The number of alkyl halides is 1. The third-order valence-corrected chi connectivity index (χ3v) is 2.67. The number of halogens is 2. The van der Waals surface area contributed by atoms with E-state index in [0.717, 1.165) is 17.9 Å². The summed E-state index contributed by atoms with van der Waals surface area (Å²) in [4.78, 5) is 10.2. The summed E-state index contributed by atoms with van der Waals surface area (Å²) in [5.41, 5.74) is 0.980. The second kappa shape index (κ2) is 5.19. The number of anilines is 1. The lowest BCUT2D eigenvalue weighted by molar-refractivity contribution is 0.417. The summed E-state index contributed by atoms with van der Waals surface area (Å²) < 4.78 is 0. The number of hydrogen-bond donors (Lipinski definition) is 0. The second-order valence-electron chi connectivity index (χ2n) is 5.02. The standard InChI is InChI=1S/C11H17Cl2N3/c1-11(2,3)6-16(4)10-8(5-12)9(13)14-7-15-10/h7H,5-6H2,1-4H3. The fraction of sp³-hybridized carbons (Fsp3) is 0.636. The smallest absolute Gasteiger partial charge is 0.138 e. The Hall–Kier alpha value is -0.540. The number of aromatic nitrogens is 2. The minimum absolute atomic E-state index is 0.190. The highest BCUT2D eigenvalue weighted by Gasteiger charge is 2.18. The van der Waals surface area contributed by atoms with E-state index in [0.29, 0.717) is 11.0 Å². The molecule has 0 N–H and O–H groups in total. The summed E-state index contributed by atoms with van der Waals surface area (Å²) >= 11 is 11.8. The first kappa shape index (κ1) is 13.5. The predicted molar refractivity (Wildman–Crippen MR) is 69.3 cm³/mol. The van der Waals surface area contributed by atoms with Crippen LogP contribution in [0.3, 0.4) is 0 Å². The van der Waals surface area contributed by atoms with Gasteiger partial charge >= 0.3 is 0 Å². The number of rotatable bonds is 3. The van der Waals surface area contributed by atoms with Crippen LogP contribution in [-0.2, 0) is 5.88 Å². The molecule has 0 aliphatic heterocycles. The van der Waals surface area contributed by atoms with E-state index < -0.39 is 0 Å². The molecule has 0 atom stereocenters. The zero-order chi connectivity index (χ0) is 12.3. The van der Waals surface area contributed by atoms with E-state index >= 15 is 0 Å². The van der Waals surface area contributed by atoms with Crippen LogP contribution in [0.1, 0.15) is 26.3 Å².